The lowest BCUT2D eigenvalue weighted by Gasteiger charge is -2.15. The van der Waals surface area contributed by atoms with E-state index in [0.717, 1.165) is 27.7 Å². The summed E-state index contributed by atoms with van der Waals surface area (Å²) in [6.07, 6.45) is -1.57. The van der Waals surface area contributed by atoms with Crippen LogP contribution in [0, 0.1) is 6.92 Å². The van der Waals surface area contributed by atoms with Crippen molar-refractivity contribution < 1.29 is 27.7 Å². The Labute approximate surface area is 215 Å². The second-order valence-electron chi connectivity index (χ2n) is 8.72. The van der Waals surface area contributed by atoms with Gasteiger partial charge in [0.1, 0.15) is 18.3 Å². The zero-order valence-electron chi connectivity index (χ0n) is 19.2. The molecule has 2 aliphatic heterocycles. The molecule has 0 bridgehead atoms. The standard InChI is InChI=1S/C26H23ClN2O4.O2S/c1-14-2-4-15(5-3-14)16-6-8-17(9-7-16)18-10-20-21(11-19(18)27)29-26(28-20)33-23-13-32-24-22(30)12-31-25(23)24;1-3-2/h2-11,22-25,30H,12-13H2,1H3,(H,28,29);/t22-,23+,24+,25+;/m1./s1. The second-order valence-corrected chi connectivity index (χ2v) is 9.27. The number of aromatic amines is 1. The summed E-state index contributed by atoms with van der Waals surface area (Å²) >= 11 is 5.87. The number of H-pyrrole nitrogens is 1. The fraction of sp³-hybridized carbons (Fsp3) is 0.269. The smallest absolute Gasteiger partial charge is 0.335 e. The lowest BCUT2D eigenvalue weighted by atomic mass is 9.99. The van der Waals surface area contributed by atoms with E-state index in [9.17, 15) is 5.11 Å². The number of aliphatic hydroxyl groups is 1. The highest BCUT2D eigenvalue weighted by atomic mass is 35.5. The summed E-state index contributed by atoms with van der Waals surface area (Å²) in [7, 11) is 0. The Bertz CT molecular complexity index is 1400. The van der Waals surface area contributed by atoms with Gasteiger partial charge in [-0.25, -0.2) is 0 Å². The molecule has 6 rings (SSSR count). The van der Waals surface area contributed by atoms with Crippen molar-refractivity contribution >= 4 is 34.2 Å². The fourth-order valence-electron chi connectivity index (χ4n) is 4.56. The SMILES string of the molecule is Cc1ccc(-c2ccc(-c3cc4nc(O[C@H]5CO[C@@H]6[C@H]5OC[C@H]6O)[nH]c4cc3Cl)cc2)cc1.O=S=O. The van der Waals surface area contributed by atoms with Crippen LogP contribution in [0.15, 0.2) is 60.7 Å². The van der Waals surface area contributed by atoms with Crippen LogP contribution in [-0.2, 0) is 21.0 Å². The molecule has 0 radical (unpaired) electrons. The Balaban J connectivity index is 0.000000848. The Kier molecular flexibility index (Phi) is 7.17. The highest BCUT2D eigenvalue weighted by Crippen LogP contribution is 2.35. The molecule has 2 N–H and O–H groups in total. The molecule has 0 spiro atoms. The fourth-order valence-corrected chi connectivity index (χ4v) is 4.83. The van der Waals surface area contributed by atoms with Crippen LogP contribution in [0.2, 0.25) is 5.02 Å². The summed E-state index contributed by atoms with van der Waals surface area (Å²) in [6.45, 7) is 2.70. The maximum absolute atomic E-state index is 9.92. The maximum Gasteiger partial charge on any atom is 0.335 e. The number of aromatic nitrogens is 2. The average molecular weight is 527 g/mol. The lowest BCUT2D eigenvalue weighted by molar-refractivity contribution is 0.00706. The molecule has 36 heavy (non-hydrogen) atoms. The number of aliphatic hydroxyl groups excluding tert-OH is 1. The highest BCUT2D eigenvalue weighted by Gasteiger charge is 2.48. The number of hydrogen-bond donors (Lipinski definition) is 2. The van der Waals surface area contributed by atoms with Crippen LogP contribution in [0.25, 0.3) is 33.3 Å². The molecular formula is C26H23ClN2O6S. The van der Waals surface area contributed by atoms with Crippen LogP contribution >= 0.6 is 11.6 Å². The third kappa shape index (κ3) is 4.93. The first-order valence-corrected chi connectivity index (χ1v) is 12.4. The van der Waals surface area contributed by atoms with Crippen LogP contribution in [-0.4, -0.2) is 61.1 Å². The summed E-state index contributed by atoms with van der Waals surface area (Å²) in [4.78, 5) is 7.78. The molecular weight excluding hydrogens is 504 g/mol. The van der Waals surface area contributed by atoms with Gasteiger partial charge in [0.15, 0.2) is 6.10 Å². The minimum atomic E-state index is -0.750. The van der Waals surface area contributed by atoms with Gasteiger partial charge in [0.2, 0.25) is 0 Å². The van der Waals surface area contributed by atoms with Gasteiger partial charge in [-0.3, -0.25) is 0 Å². The highest BCUT2D eigenvalue weighted by molar-refractivity contribution is 7.51. The van der Waals surface area contributed by atoms with Crippen LogP contribution in [0.1, 0.15) is 5.56 Å². The predicted molar refractivity (Wildman–Crippen MR) is 136 cm³/mol. The van der Waals surface area contributed by atoms with Crippen molar-refractivity contribution in [2.45, 2.75) is 31.3 Å². The molecule has 10 heteroatoms. The van der Waals surface area contributed by atoms with E-state index in [1.54, 1.807) is 0 Å². The number of ether oxygens (including phenoxy) is 3. The number of fused-ring (bicyclic) bond motifs is 2. The van der Waals surface area contributed by atoms with Gasteiger partial charge in [0.05, 0.1) is 29.3 Å². The molecule has 3 heterocycles. The number of nitrogens with one attached hydrogen (secondary N) is 1. The van der Waals surface area contributed by atoms with E-state index >= 15 is 0 Å². The molecule has 0 amide bonds. The topological polar surface area (TPSA) is 111 Å². The van der Waals surface area contributed by atoms with Gasteiger partial charge in [-0.2, -0.15) is 13.4 Å². The van der Waals surface area contributed by atoms with Crippen molar-refractivity contribution in [3.8, 4) is 28.3 Å². The van der Waals surface area contributed by atoms with Crippen molar-refractivity contribution in [1.29, 1.82) is 0 Å². The van der Waals surface area contributed by atoms with Crippen molar-refractivity contribution in [2.75, 3.05) is 13.2 Å². The van der Waals surface area contributed by atoms with Gasteiger partial charge in [-0.15, -0.1) is 0 Å². The molecule has 2 saturated heterocycles. The Morgan fingerprint density at radius 3 is 2.28 bits per heavy atom. The number of nitrogens with zero attached hydrogens (tertiary/aromatic N) is 1. The third-order valence-electron chi connectivity index (χ3n) is 6.37. The van der Waals surface area contributed by atoms with E-state index < -0.39 is 17.7 Å². The summed E-state index contributed by atoms with van der Waals surface area (Å²) in [6, 6.07) is 21.1. The van der Waals surface area contributed by atoms with E-state index in [1.807, 2.05) is 12.1 Å². The Morgan fingerprint density at radius 2 is 1.58 bits per heavy atom. The molecule has 0 aliphatic carbocycles. The van der Waals surface area contributed by atoms with Gasteiger partial charge in [0.25, 0.3) is 6.01 Å². The lowest BCUT2D eigenvalue weighted by Crippen LogP contribution is -2.34. The Morgan fingerprint density at radius 1 is 0.972 bits per heavy atom. The molecule has 0 saturated carbocycles. The normalized spacial score (nSPS) is 22.6. The molecule has 4 atom stereocenters. The van der Waals surface area contributed by atoms with E-state index in [1.165, 1.54) is 11.1 Å². The number of benzene rings is 3. The molecule has 8 nitrogen and oxygen atoms in total. The van der Waals surface area contributed by atoms with Gasteiger partial charge >= 0.3 is 11.6 Å². The number of hydrogen-bond acceptors (Lipinski definition) is 7. The maximum atomic E-state index is 9.92. The van der Waals surface area contributed by atoms with Crippen molar-refractivity contribution in [2.24, 2.45) is 0 Å². The zero-order valence-corrected chi connectivity index (χ0v) is 20.8. The summed E-state index contributed by atoms with van der Waals surface area (Å²) in [5, 5.41) is 10.5. The number of rotatable bonds is 4. The molecule has 2 aliphatic rings. The average Bonchev–Trinajstić information content (AvgIpc) is 3.56. The third-order valence-corrected chi connectivity index (χ3v) is 6.69. The predicted octanol–water partition coefficient (Wildman–Crippen LogP) is 4.09. The van der Waals surface area contributed by atoms with Crippen molar-refractivity contribution in [3.05, 3.63) is 71.2 Å². The van der Waals surface area contributed by atoms with E-state index in [-0.39, 0.29) is 24.9 Å². The van der Waals surface area contributed by atoms with Crippen LogP contribution in [0.4, 0.5) is 0 Å². The molecule has 0 unspecified atom stereocenters. The number of aryl methyl sites for hydroxylation is 1. The molecule has 2 fully saturated rings. The molecule has 186 valence electrons. The zero-order chi connectivity index (χ0) is 25.2. The second kappa shape index (κ2) is 10.5. The minimum absolute atomic E-state index is 0.261. The van der Waals surface area contributed by atoms with Crippen LogP contribution in [0.5, 0.6) is 6.01 Å². The first-order valence-electron chi connectivity index (χ1n) is 11.3. The molecule has 4 aromatic rings. The first-order chi connectivity index (χ1) is 17.5. The quantitative estimate of drug-likeness (QED) is 0.412. The van der Waals surface area contributed by atoms with Gasteiger partial charge in [-0.05, 0) is 35.7 Å². The molecule has 1 aromatic heterocycles. The van der Waals surface area contributed by atoms with Crippen LogP contribution < -0.4 is 4.74 Å². The van der Waals surface area contributed by atoms with Gasteiger partial charge < -0.3 is 24.3 Å². The Hall–Kier alpha value is -3.08. The van der Waals surface area contributed by atoms with E-state index in [4.69, 9.17) is 34.2 Å². The van der Waals surface area contributed by atoms with Gasteiger partial charge in [0, 0.05) is 5.56 Å². The van der Waals surface area contributed by atoms with E-state index in [2.05, 4.69) is 65.4 Å². The summed E-state index contributed by atoms with van der Waals surface area (Å²) in [5.74, 6) is 0. The minimum Gasteiger partial charge on any atom is -0.456 e. The van der Waals surface area contributed by atoms with E-state index in [0.29, 0.717) is 17.6 Å². The van der Waals surface area contributed by atoms with Crippen molar-refractivity contribution in [1.82, 2.24) is 9.97 Å². The van der Waals surface area contributed by atoms with Crippen molar-refractivity contribution in [3.63, 3.8) is 0 Å². The number of imidazole rings is 1. The molecule has 3 aromatic carbocycles. The number of halogens is 1. The monoisotopic (exact) mass is 526 g/mol. The first kappa shape index (κ1) is 24.6. The largest absolute Gasteiger partial charge is 0.456 e. The van der Waals surface area contributed by atoms with Crippen LogP contribution in [0.3, 0.4) is 0 Å². The van der Waals surface area contributed by atoms with Gasteiger partial charge in [-0.1, -0.05) is 65.7 Å². The summed E-state index contributed by atoms with van der Waals surface area (Å²) < 4.78 is 33.9. The summed E-state index contributed by atoms with van der Waals surface area (Å²) in [5.41, 5.74) is 7.05.